The van der Waals surface area contributed by atoms with Gasteiger partial charge < -0.3 is 14.5 Å². The van der Waals surface area contributed by atoms with Crippen molar-refractivity contribution in [1.82, 2.24) is 14.7 Å². The van der Waals surface area contributed by atoms with E-state index in [1.165, 1.54) is 4.90 Å². The van der Waals surface area contributed by atoms with Gasteiger partial charge in [0.15, 0.2) is 0 Å². The first-order valence-electron chi connectivity index (χ1n) is 10.8. The molecule has 2 heterocycles. The summed E-state index contributed by atoms with van der Waals surface area (Å²) in [6, 6.07) is 8.80. The molecule has 0 aromatic heterocycles. The van der Waals surface area contributed by atoms with Gasteiger partial charge in [-0.25, -0.2) is 4.79 Å². The second kappa shape index (κ2) is 9.06. The van der Waals surface area contributed by atoms with E-state index >= 15 is 0 Å². The molecule has 164 valence electrons. The fourth-order valence-corrected chi connectivity index (χ4v) is 4.23. The first-order chi connectivity index (χ1) is 14.2. The summed E-state index contributed by atoms with van der Waals surface area (Å²) in [6.07, 6.45) is 2.36. The summed E-state index contributed by atoms with van der Waals surface area (Å²) in [4.78, 5) is 43.9. The SMILES string of the molecule is CN(Cc1ccccc1)C(=O)[C@@H]1CCCN1C(=O)[C@@H]1CCCN1C(=O)OC(C)(C)C. The first-order valence-corrected chi connectivity index (χ1v) is 10.8. The molecule has 0 radical (unpaired) electrons. The van der Waals surface area contributed by atoms with E-state index in [4.69, 9.17) is 4.74 Å². The fourth-order valence-electron chi connectivity index (χ4n) is 4.23. The summed E-state index contributed by atoms with van der Waals surface area (Å²) in [6.45, 7) is 7.01. The molecule has 0 saturated carbocycles. The van der Waals surface area contributed by atoms with Crippen molar-refractivity contribution in [1.29, 1.82) is 0 Å². The molecule has 0 unspecified atom stereocenters. The molecule has 0 aliphatic carbocycles. The number of nitrogens with zero attached hydrogens (tertiary/aromatic N) is 3. The highest BCUT2D eigenvalue weighted by Crippen LogP contribution is 2.27. The van der Waals surface area contributed by atoms with Gasteiger partial charge in [0.1, 0.15) is 17.7 Å². The van der Waals surface area contributed by atoms with E-state index in [-0.39, 0.29) is 11.8 Å². The Morgan fingerprint density at radius 1 is 1.00 bits per heavy atom. The van der Waals surface area contributed by atoms with Gasteiger partial charge in [0, 0.05) is 26.7 Å². The minimum absolute atomic E-state index is 0.0495. The van der Waals surface area contributed by atoms with E-state index in [1.807, 2.05) is 51.1 Å². The topological polar surface area (TPSA) is 70.2 Å². The van der Waals surface area contributed by atoms with Crippen LogP contribution in [0.25, 0.3) is 0 Å². The minimum atomic E-state index is -0.612. The number of rotatable bonds is 4. The second-order valence-corrected chi connectivity index (χ2v) is 9.20. The highest BCUT2D eigenvalue weighted by molar-refractivity contribution is 5.92. The number of likely N-dealkylation sites (N-methyl/N-ethyl adjacent to an activating group) is 1. The van der Waals surface area contributed by atoms with Crippen molar-refractivity contribution in [2.75, 3.05) is 20.1 Å². The van der Waals surface area contributed by atoms with E-state index in [1.54, 1.807) is 16.8 Å². The largest absolute Gasteiger partial charge is 0.444 e. The molecule has 1 aromatic carbocycles. The van der Waals surface area contributed by atoms with Gasteiger partial charge in [0.05, 0.1) is 0 Å². The third-order valence-corrected chi connectivity index (χ3v) is 5.63. The third-order valence-electron chi connectivity index (χ3n) is 5.63. The summed E-state index contributed by atoms with van der Waals surface area (Å²) in [7, 11) is 1.78. The molecule has 7 nitrogen and oxygen atoms in total. The molecule has 2 saturated heterocycles. The summed E-state index contributed by atoms with van der Waals surface area (Å²) in [5.74, 6) is -0.186. The lowest BCUT2D eigenvalue weighted by atomic mass is 10.1. The van der Waals surface area contributed by atoms with Gasteiger partial charge >= 0.3 is 6.09 Å². The van der Waals surface area contributed by atoms with Crippen LogP contribution in [0.5, 0.6) is 0 Å². The van der Waals surface area contributed by atoms with Gasteiger partial charge in [-0.15, -0.1) is 0 Å². The molecule has 0 spiro atoms. The molecule has 2 fully saturated rings. The number of carbonyl (C=O) groups excluding carboxylic acids is 3. The van der Waals surface area contributed by atoms with Crippen molar-refractivity contribution < 1.29 is 19.1 Å². The Hall–Kier alpha value is -2.57. The van der Waals surface area contributed by atoms with E-state index in [0.29, 0.717) is 32.5 Å². The molecule has 0 bridgehead atoms. The Balaban J connectivity index is 1.67. The molecule has 2 atom stereocenters. The van der Waals surface area contributed by atoms with Crippen LogP contribution in [0.1, 0.15) is 52.0 Å². The van der Waals surface area contributed by atoms with Gasteiger partial charge in [-0.1, -0.05) is 30.3 Å². The Morgan fingerprint density at radius 3 is 2.23 bits per heavy atom. The number of carbonyl (C=O) groups is 3. The Morgan fingerprint density at radius 2 is 1.60 bits per heavy atom. The Bertz CT molecular complexity index is 774. The molecule has 3 rings (SSSR count). The van der Waals surface area contributed by atoms with Crippen molar-refractivity contribution >= 4 is 17.9 Å². The standard InChI is InChI=1S/C23H33N3O4/c1-23(2,3)30-22(29)26-15-9-13-19(26)21(28)25-14-8-12-18(25)20(27)24(4)16-17-10-6-5-7-11-17/h5-7,10-11,18-19H,8-9,12-16H2,1-4H3/t18-,19-/m0/s1. The van der Waals surface area contributed by atoms with Gasteiger partial charge in [-0.2, -0.15) is 0 Å². The van der Waals surface area contributed by atoms with Crippen molar-refractivity contribution in [3.63, 3.8) is 0 Å². The molecule has 2 aliphatic heterocycles. The van der Waals surface area contributed by atoms with E-state index in [0.717, 1.165) is 18.4 Å². The average molecular weight is 416 g/mol. The van der Waals surface area contributed by atoms with Crippen LogP contribution < -0.4 is 0 Å². The molecule has 7 heteroatoms. The predicted molar refractivity (Wildman–Crippen MR) is 114 cm³/mol. The summed E-state index contributed by atoms with van der Waals surface area (Å²) >= 11 is 0. The zero-order chi connectivity index (χ0) is 21.9. The molecule has 30 heavy (non-hydrogen) atoms. The van der Waals surface area contributed by atoms with Crippen molar-refractivity contribution in [2.24, 2.45) is 0 Å². The van der Waals surface area contributed by atoms with Gasteiger partial charge in [-0.05, 0) is 52.0 Å². The maximum absolute atomic E-state index is 13.3. The summed E-state index contributed by atoms with van der Waals surface area (Å²) in [5.41, 5.74) is 0.440. The molecule has 1 aromatic rings. The number of likely N-dealkylation sites (tertiary alicyclic amines) is 2. The zero-order valence-electron chi connectivity index (χ0n) is 18.5. The van der Waals surface area contributed by atoms with Crippen molar-refractivity contribution in [2.45, 2.75) is 70.7 Å². The first kappa shape index (κ1) is 22.1. The maximum atomic E-state index is 13.3. The second-order valence-electron chi connectivity index (χ2n) is 9.20. The molecule has 3 amide bonds. The number of benzene rings is 1. The predicted octanol–water partition coefficient (Wildman–Crippen LogP) is 3.04. The van der Waals surface area contributed by atoms with E-state index < -0.39 is 23.8 Å². The molecular formula is C23H33N3O4. The highest BCUT2D eigenvalue weighted by Gasteiger charge is 2.43. The smallest absolute Gasteiger partial charge is 0.410 e. The van der Waals surface area contributed by atoms with E-state index in [2.05, 4.69) is 0 Å². The number of amides is 3. The fraction of sp³-hybridized carbons (Fsp3) is 0.609. The molecule has 0 N–H and O–H groups in total. The number of hydrogen-bond donors (Lipinski definition) is 0. The van der Waals surface area contributed by atoms with Gasteiger partial charge in [0.25, 0.3) is 0 Å². The Labute approximate surface area is 179 Å². The summed E-state index contributed by atoms with van der Waals surface area (Å²) in [5, 5.41) is 0. The number of hydrogen-bond acceptors (Lipinski definition) is 4. The highest BCUT2D eigenvalue weighted by atomic mass is 16.6. The van der Waals surface area contributed by atoms with Crippen LogP contribution in [-0.2, 0) is 20.9 Å². The quantitative estimate of drug-likeness (QED) is 0.758. The lowest BCUT2D eigenvalue weighted by Gasteiger charge is -2.33. The van der Waals surface area contributed by atoms with Crippen LogP contribution in [-0.4, -0.2) is 70.4 Å². The van der Waals surface area contributed by atoms with Crippen LogP contribution in [0.3, 0.4) is 0 Å². The minimum Gasteiger partial charge on any atom is -0.444 e. The summed E-state index contributed by atoms with van der Waals surface area (Å²) < 4.78 is 5.48. The normalized spacial score (nSPS) is 21.6. The van der Waals surface area contributed by atoms with Crippen LogP contribution in [0, 0.1) is 0 Å². The van der Waals surface area contributed by atoms with Crippen LogP contribution in [0.15, 0.2) is 30.3 Å². The van der Waals surface area contributed by atoms with Crippen LogP contribution >= 0.6 is 0 Å². The maximum Gasteiger partial charge on any atom is 0.410 e. The number of ether oxygens (including phenoxy) is 1. The van der Waals surface area contributed by atoms with E-state index in [9.17, 15) is 14.4 Å². The lowest BCUT2D eigenvalue weighted by Crippen LogP contribution is -2.53. The molecule has 2 aliphatic rings. The average Bonchev–Trinajstić information content (AvgIpc) is 3.36. The Kier molecular flexibility index (Phi) is 6.68. The monoisotopic (exact) mass is 415 g/mol. The van der Waals surface area contributed by atoms with Gasteiger partial charge in [-0.3, -0.25) is 14.5 Å². The third kappa shape index (κ3) is 5.12. The van der Waals surface area contributed by atoms with Gasteiger partial charge in [0.2, 0.25) is 11.8 Å². The molecular weight excluding hydrogens is 382 g/mol. The zero-order valence-corrected chi connectivity index (χ0v) is 18.5. The van der Waals surface area contributed by atoms with Crippen molar-refractivity contribution in [3.8, 4) is 0 Å². The van der Waals surface area contributed by atoms with Crippen LogP contribution in [0.2, 0.25) is 0 Å². The van der Waals surface area contributed by atoms with Crippen molar-refractivity contribution in [3.05, 3.63) is 35.9 Å². The lowest BCUT2D eigenvalue weighted by molar-refractivity contribution is -0.145. The van der Waals surface area contributed by atoms with Crippen LogP contribution in [0.4, 0.5) is 4.79 Å².